The normalized spacial score (nSPS) is 11.9. The van der Waals surface area contributed by atoms with Crippen LogP contribution in [0.25, 0.3) is 0 Å². The van der Waals surface area contributed by atoms with Crippen molar-refractivity contribution in [1.82, 2.24) is 0 Å². The van der Waals surface area contributed by atoms with E-state index in [9.17, 15) is 4.57 Å². The first-order valence-electron chi connectivity index (χ1n) is 5.30. The maximum atomic E-state index is 11.8. The molecule has 0 aliphatic rings. The van der Waals surface area contributed by atoms with Gasteiger partial charge in [-0.2, -0.15) is 0 Å². The first-order chi connectivity index (χ1) is 7.18. The lowest BCUT2D eigenvalue weighted by Gasteiger charge is -2.15. The van der Waals surface area contributed by atoms with Crippen molar-refractivity contribution in [3.05, 3.63) is 0 Å². The Morgan fingerprint density at radius 3 is 1.80 bits per heavy atom. The molecule has 0 rings (SSSR count). The highest BCUT2D eigenvalue weighted by Crippen LogP contribution is 2.49. The van der Waals surface area contributed by atoms with E-state index in [1.165, 1.54) is 7.11 Å². The Bertz CT molecular complexity index is 171. The van der Waals surface area contributed by atoms with E-state index in [1.807, 2.05) is 13.8 Å². The Morgan fingerprint density at radius 2 is 1.47 bits per heavy atom. The molecule has 0 aliphatic heterocycles. The third-order valence-corrected chi connectivity index (χ3v) is 2.99. The fourth-order valence-electron chi connectivity index (χ4n) is 0.813. The Kier molecular flexibility index (Phi) is 9.35. The number of hydrogen-bond acceptors (Lipinski definition) is 5. The van der Waals surface area contributed by atoms with Crippen molar-refractivity contribution < 1.29 is 23.2 Å². The number of unbranched alkanes of at least 4 members (excludes halogenated alkanes) is 2. The molecule has 0 aliphatic carbocycles. The second-order valence-corrected chi connectivity index (χ2v) is 4.62. The van der Waals surface area contributed by atoms with Crippen molar-refractivity contribution in [2.24, 2.45) is 0 Å². The van der Waals surface area contributed by atoms with Gasteiger partial charge in [0.15, 0.2) is 0 Å². The van der Waals surface area contributed by atoms with Crippen LogP contribution in [0.2, 0.25) is 0 Å². The molecule has 6 heteroatoms. The first kappa shape index (κ1) is 15.1. The van der Waals surface area contributed by atoms with Gasteiger partial charge < -0.3 is 0 Å². The van der Waals surface area contributed by atoms with E-state index in [1.54, 1.807) is 0 Å². The number of phosphoric ester groups is 1. The van der Waals surface area contributed by atoms with Crippen molar-refractivity contribution in [3.8, 4) is 0 Å². The predicted molar refractivity (Wildman–Crippen MR) is 57.4 cm³/mol. The van der Waals surface area contributed by atoms with E-state index in [4.69, 9.17) is 9.05 Å². The van der Waals surface area contributed by atoms with Gasteiger partial charge in [-0.05, 0) is 12.8 Å². The SMILES string of the molecule is CCCCOP(=O)(OCCCC)OOC. The van der Waals surface area contributed by atoms with Crippen LogP contribution in [0, 0.1) is 0 Å². The van der Waals surface area contributed by atoms with Gasteiger partial charge in [-0.15, -0.1) is 4.67 Å². The molecule has 0 fully saturated rings. The van der Waals surface area contributed by atoms with E-state index in [0.717, 1.165) is 25.7 Å². The molecule has 0 saturated heterocycles. The molecule has 0 saturated carbocycles. The van der Waals surface area contributed by atoms with Gasteiger partial charge in [0.25, 0.3) is 0 Å². The molecule has 0 atom stereocenters. The molecule has 0 spiro atoms. The van der Waals surface area contributed by atoms with E-state index in [0.29, 0.717) is 13.2 Å². The number of hydrogen-bond donors (Lipinski definition) is 0. The molecule has 0 N–H and O–H groups in total. The smallest absolute Gasteiger partial charge is 0.285 e. The zero-order valence-electron chi connectivity index (χ0n) is 9.73. The first-order valence-corrected chi connectivity index (χ1v) is 6.76. The van der Waals surface area contributed by atoms with Crippen LogP contribution in [-0.2, 0) is 23.2 Å². The van der Waals surface area contributed by atoms with Gasteiger partial charge >= 0.3 is 7.82 Å². The largest absolute Gasteiger partial charge is 0.502 e. The third-order valence-electron chi connectivity index (χ3n) is 1.66. The van der Waals surface area contributed by atoms with Crippen molar-refractivity contribution in [3.63, 3.8) is 0 Å². The van der Waals surface area contributed by atoms with Crippen LogP contribution in [0.15, 0.2) is 0 Å². The number of phosphoric acid groups is 1. The predicted octanol–water partition coefficient (Wildman–Crippen LogP) is 3.31. The van der Waals surface area contributed by atoms with E-state index in [2.05, 4.69) is 9.56 Å². The summed E-state index contributed by atoms with van der Waals surface area (Å²) in [6, 6.07) is 0. The summed E-state index contributed by atoms with van der Waals surface area (Å²) in [5.74, 6) is 0. The van der Waals surface area contributed by atoms with Crippen LogP contribution in [0.3, 0.4) is 0 Å². The highest BCUT2D eigenvalue weighted by molar-refractivity contribution is 7.48. The summed E-state index contributed by atoms with van der Waals surface area (Å²) in [4.78, 5) is 4.36. The summed E-state index contributed by atoms with van der Waals surface area (Å²) in [5, 5.41) is 0. The summed E-state index contributed by atoms with van der Waals surface area (Å²) in [7, 11) is -2.22. The average Bonchev–Trinajstić information content (AvgIpc) is 2.19. The lowest BCUT2D eigenvalue weighted by Crippen LogP contribution is -2.02. The van der Waals surface area contributed by atoms with Crippen molar-refractivity contribution in [2.45, 2.75) is 39.5 Å². The van der Waals surface area contributed by atoms with Crippen LogP contribution in [0.1, 0.15) is 39.5 Å². The van der Waals surface area contributed by atoms with E-state index in [-0.39, 0.29) is 0 Å². The molecule has 0 amide bonds. The summed E-state index contributed by atoms with van der Waals surface area (Å²) in [6.07, 6.45) is 3.55. The Morgan fingerprint density at radius 1 is 1.00 bits per heavy atom. The van der Waals surface area contributed by atoms with Gasteiger partial charge in [0.05, 0.1) is 20.3 Å². The molecule has 0 bridgehead atoms. The van der Waals surface area contributed by atoms with E-state index >= 15 is 0 Å². The Hall–Kier alpha value is 0.0700. The topological polar surface area (TPSA) is 54.0 Å². The molecule has 15 heavy (non-hydrogen) atoms. The van der Waals surface area contributed by atoms with Crippen molar-refractivity contribution in [2.75, 3.05) is 20.3 Å². The summed E-state index contributed by atoms with van der Waals surface area (Å²) < 4.78 is 26.4. The second kappa shape index (κ2) is 9.31. The molecule has 0 aromatic carbocycles. The summed E-state index contributed by atoms with van der Waals surface area (Å²) in [5.41, 5.74) is 0. The van der Waals surface area contributed by atoms with Crippen molar-refractivity contribution in [1.29, 1.82) is 0 Å². The van der Waals surface area contributed by atoms with Gasteiger partial charge in [-0.1, -0.05) is 26.7 Å². The molecular weight excluding hydrogens is 219 g/mol. The van der Waals surface area contributed by atoms with Crippen LogP contribution in [0.5, 0.6) is 0 Å². The second-order valence-electron chi connectivity index (χ2n) is 3.06. The minimum absolute atomic E-state index is 0.350. The van der Waals surface area contributed by atoms with Gasteiger partial charge in [0, 0.05) is 0 Å². The summed E-state index contributed by atoms with van der Waals surface area (Å²) >= 11 is 0. The average molecular weight is 240 g/mol. The third kappa shape index (κ3) is 7.94. The Balaban J connectivity index is 3.89. The molecule has 0 unspecified atom stereocenters. The molecule has 0 aromatic heterocycles. The number of rotatable bonds is 10. The Labute approximate surface area is 91.6 Å². The van der Waals surface area contributed by atoms with Crippen LogP contribution < -0.4 is 0 Å². The molecule has 0 aromatic rings. The standard InChI is InChI=1S/C9H21O5P/c1-4-6-8-12-15(10,14-11-3)13-9-7-5-2/h4-9H2,1-3H3. The highest BCUT2D eigenvalue weighted by Gasteiger charge is 2.27. The van der Waals surface area contributed by atoms with Crippen LogP contribution in [-0.4, -0.2) is 20.3 Å². The highest BCUT2D eigenvalue weighted by atomic mass is 31.2. The maximum absolute atomic E-state index is 11.8. The minimum Gasteiger partial charge on any atom is -0.285 e. The van der Waals surface area contributed by atoms with Gasteiger partial charge in [-0.25, -0.2) is 9.45 Å². The van der Waals surface area contributed by atoms with Gasteiger partial charge in [0.1, 0.15) is 0 Å². The van der Waals surface area contributed by atoms with E-state index < -0.39 is 7.82 Å². The lowest BCUT2D eigenvalue weighted by molar-refractivity contribution is -0.201. The molecular formula is C9H21O5P. The molecule has 5 nitrogen and oxygen atoms in total. The minimum atomic E-state index is -3.50. The molecule has 0 heterocycles. The zero-order valence-corrected chi connectivity index (χ0v) is 10.6. The van der Waals surface area contributed by atoms with Crippen LogP contribution in [0.4, 0.5) is 0 Å². The quantitative estimate of drug-likeness (QED) is 0.254. The zero-order chi connectivity index (χ0) is 11.6. The summed E-state index contributed by atoms with van der Waals surface area (Å²) in [6.45, 7) is 4.74. The fourth-order valence-corrected chi connectivity index (χ4v) is 1.86. The fraction of sp³-hybridized carbons (Fsp3) is 1.00. The molecule has 0 radical (unpaired) electrons. The monoisotopic (exact) mass is 240 g/mol. The maximum Gasteiger partial charge on any atom is 0.502 e. The van der Waals surface area contributed by atoms with Gasteiger partial charge in [0.2, 0.25) is 0 Å². The van der Waals surface area contributed by atoms with Crippen LogP contribution >= 0.6 is 7.82 Å². The van der Waals surface area contributed by atoms with Gasteiger partial charge in [-0.3, -0.25) is 9.05 Å². The lowest BCUT2D eigenvalue weighted by atomic mass is 10.4. The molecule has 92 valence electrons. The van der Waals surface area contributed by atoms with Crippen molar-refractivity contribution >= 4 is 7.82 Å².